The Kier molecular flexibility index (Phi) is 5.20. The Morgan fingerprint density at radius 1 is 1.19 bits per heavy atom. The molecule has 0 saturated heterocycles. The Labute approximate surface area is 131 Å². The predicted molar refractivity (Wildman–Crippen MR) is 90.9 cm³/mol. The van der Waals surface area contributed by atoms with Crippen molar-refractivity contribution in [3.05, 3.63) is 24.3 Å². The first-order valence-electron chi connectivity index (χ1n) is 8.21. The van der Waals surface area contributed by atoms with Crippen LogP contribution in [0.5, 0.6) is 0 Å². The van der Waals surface area contributed by atoms with Crippen LogP contribution in [0.25, 0.3) is 11.0 Å². The number of para-hydroxylation sites is 2. The van der Waals surface area contributed by atoms with Gasteiger partial charge in [0.2, 0.25) is 0 Å². The van der Waals surface area contributed by atoms with E-state index in [-0.39, 0.29) is 0 Å². The van der Waals surface area contributed by atoms with E-state index in [1.807, 2.05) is 11.8 Å². The van der Waals surface area contributed by atoms with Gasteiger partial charge in [-0.3, -0.25) is 0 Å². The molecule has 1 aliphatic carbocycles. The minimum Gasteiger partial charge on any atom is -0.333 e. The molecule has 0 spiro atoms. The fraction of sp³-hybridized carbons (Fsp3) is 0.588. The van der Waals surface area contributed by atoms with Crippen LogP contribution in [0.15, 0.2) is 29.4 Å². The molecule has 1 aromatic carbocycles. The van der Waals surface area contributed by atoms with E-state index in [4.69, 9.17) is 4.98 Å². The van der Waals surface area contributed by atoms with Gasteiger partial charge in [-0.25, -0.2) is 4.98 Å². The first-order chi connectivity index (χ1) is 10.4. The summed E-state index contributed by atoms with van der Waals surface area (Å²) in [6.45, 7) is 3.27. The van der Waals surface area contributed by atoms with E-state index in [1.54, 1.807) is 0 Å². The highest BCUT2D eigenvalue weighted by atomic mass is 32.2. The van der Waals surface area contributed by atoms with Gasteiger partial charge in [0.25, 0.3) is 0 Å². The van der Waals surface area contributed by atoms with Crippen LogP contribution in [-0.2, 0) is 0 Å². The van der Waals surface area contributed by atoms with Crippen molar-refractivity contribution in [1.29, 1.82) is 0 Å². The highest BCUT2D eigenvalue weighted by molar-refractivity contribution is 7.99. The SMILES string of the molecule is CCNC1CCCCCCC1Sc1nc2ccccc2[nH]1. The van der Waals surface area contributed by atoms with Crippen LogP contribution in [0.4, 0.5) is 0 Å². The molecule has 4 heteroatoms. The fourth-order valence-electron chi connectivity index (χ4n) is 3.22. The Morgan fingerprint density at radius 2 is 2.00 bits per heavy atom. The van der Waals surface area contributed by atoms with Gasteiger partial charge in [0.05, 0.1) is 11.0 Å². The minimum absolute atomic E-state index is 0.619. The molecule has 1 aromatic heterocycles. The molecular weight excluding hydrogens is 278 g/mol. The van der Waals surface area contributed by atoms with Crippen LogP contribution in [0.2, 0.25) is 0 Å². The maximum Gasteiger partial charge on any atom is 0.166 e. The van der Waals surface area contributed by atoms with Crippen molar-refractivity contribution in [2.45, 2.75) is 61.9 Å². The van der Waals surface area contributed by atoms with Crippen molar-refractivity contribution in [3.8, 4) is 0 Å². The van der Waals surface area contributed by atoms with Crippen LogP contribution < -0.4 is 5.32 Å². The van der Waals surface area contributed by atoms with Crippen LogP contribution in [0.1, 0.15) is 45.4 Å². The van der Waals surface area contributed by atoms with Crippen molar-refractivity contribution in [1.82, 2.24) is 15.3 Å². The van der Waals surface area contributed by atoms with E-state index >= 15 is 0 Å². The van der Waals surface area contributed by atoms with Crippen molar-refractivity contribution in [3.63, 3.8) is 0 Å². The standard InChI is InChI=1S/C17H25N3S/c1-2-18-15-11-5-3-4-6-12-16(15)21-17-19-13-9-7-8-10-14(13)20-17/h7-10,15-16,18H,2-6,11-12H2,1H3,(H,19,20). The van der Waals surface area contributed by atoms with Gasteiger partial charge in [-0.2, -0.15) is 0 Å². The normalized spacial score (nSPS) is 23.9. The van der Waals surface area contributed by atoms with Gasteiger partial charge >= 0.3 is 0 Å². The Morgan fingerprint density at radius 3 is 2.81 bits per heavy atom. The molecule has 114 valence electrons. The number of thioether (sulfide) groups is 1. The lowest BCUT2D eigenvalue weighted by Gasteiger charge is -2.28. The smallest absolute Gasteiger partial charge is 0.166 e. The average molecular weight is 303 g/mol. The third-order valence-corrected chi connectivity index (χ3v) is 5.58. The molecule has 3 rings (SSSR count). The summed E-state index contributed by atoms with van der Waals surface area (Å²) in [5.41, 5.74) is 2.22. The van der Waals surface area contributed by atoms with Crippen LogP contribution in [0, 0.1) is 0 Å². The number of fused-ring (bicyclic) bond motifs is 1. The second-order valence-corrected chi connectivity index (χ2v) is 7.10. The molecular formula is C17H25N3S. The van der Waals surface area contributed by atoms with Crippen LogP contribution >= 0.6 is 11.8 Å². The number of nitrogens with one attached hydrogen (secondary N) is 2. The van der Waals surface area contributed by atoms with Crippen molar-refractivity contribution in [2.75, 3.05) is 6.54 Å². The lowest BCUT2D eigenvalue weighted by atomic mass is 9.96. The lowest BCUT2D eigenvalue weighted by molar-refractivity contribution is 0.406. The summed E-state index contributed by atoms with van der Waals surface area (Å²) < 4.78 is 0. The highest BCUT2D eigenvalue weighted by Gasteiger charge is 2.24. The lowest BCUT2D eigenvalue weighted by Crippen LogP contribution is -2.38. The molecule has 21 heavy (non-hydrogen) atoms. The van der Waals surface area contributed by atoms with E-state index in [0.717, 1.165) is 22.7 Å². The second-order valence-electron chi connectivity index (χ2n) is 5.87. The minimum atomic E-state index is 0.619. The van der Waals surface area contributed by atoms with Gasteiger partial charge in [0.15, 0.2) is 5.16 Å². The third kappa shape index (κ3) is 3.80. The molecule has 2 aromatic rings. The van der Waals surface area contributed by atoms with Gasteiger partial charge in [-0.1, -0.05) is 56.5 Å². The molecule has 2 N–H and O–H groups in total. The Bertz CT molecular complexity index is 533. The Balaban J connectivity index is 1.75. The molecule has 0 bridgehead atoms. The summed E-state index contributed by atoms with van der Waals surface area (Å²) >= 11 is 1.93. The van der Waals surface area contributed by atoms with E-state index in [2.05, 4.69) is 41.5 Å². The number of hydrogen-bond donors (Lipinski definition) is 2. The van der Waals surface area contributed by atoms with Crippen molar-refractivity contribution >= 4 is 22.8 Å². The first-order valence-corrected chi connectivity index (χ1v) is 9.09. The molecule has 2 unspecified atom stereocenters. The van der Waals surface area contributed by atoms with Gasteiger partial charge in [0, 0.05) is 11.3 Å². The summed E-state index contributed by atoms with van der Waals surface area (Å²) in [4.78, 5) is 8.20. The van der Waals surface area contributed by atoms with E-state index < -0.39 is 0 Å². The molecule has 3 nitrogen and oxygen atoms in total. The van der Waals surface area contributed by atoms with Gasteiger partial charge in [-0.05, 0) is 31.5 Å². The van der Waals surface area contributed by atoms with E-state index in [0.29, 0.717) is 11.3 Å². The third-order valence-electron chi connectivity index (χ3n) is 4.30. The topological polar surface area (TPSA) is 40.7 Å². The van der Waals surface area contributed by atoms with Gasteiger partial charge in [0.1, 0.15) is 0 Å². The molecule has 1 fully saturated rings. The van der Waals surface area contributed by atoms with Gasteiger partial charge < -0.3 is 10.3 Å². The molecule has 1 heterocycles. The molecule has 1 aliphatic rings. The number of benzene rings is 1. The largest absolute Gasteiger partial charge is 0.333 e. The van der Waals surface area contributed by atoms with E-state index in [1.165, 1.54) is 38.5 Å². The average Bonchev–Trinajstić information content (AvgIpc) is 2.88. The monoisotopic (exact) mass is 303 g/mol. The maximum atomic E-state index is 4.74. The van der Waals surface area contributed by atoms with Crippen molar-refractivity contribution in [2.24, 2.45) is 0 Å². The summed E-state index contributed by atoms with van der Waals surface area (Å²) in [6, 6.07) is 8.91. The summed E-state index contributed by atoms with van der Waals surface area (Å²) in [6.07, 6.45) is 8.07. The maximum absolute atomic E-state index is 4.74. The summed E-state index contributed by atoms with van der Waals surface area (Å²) in [5, 5.41) is 5.40. The highest BCUT2D eigenvalue weighted by Crippen LogP contribution is 2.32. The molecule has 0 aliphatic heterocycles. The molecule has 1 saturated carbocycles. The number of aromatic amines is 1. The Hall–Kier alpha value is -1.00. The summed E-state index contributed by atoms with van der Waals surface area (Å²) in [5.74, 6) is 0. The zero-order valence-corrected chi connectivity index (χ0v) is 13.6. The van der Waals surface area contributed by atoms with Gasteiger partial charge in [-0.15, -0.1) is 0 Å². The van der Waals surface area contributed by atoms with Crippen LogP contribution in [-0.4, -0.2) is 27.8 Å². The zero-order chi connectivity index (χ0) is 14.5. The number of rotatable bonds is 4. The molecule has 2 atom stereocenters. The number of nitrogens with zero attached hydrogens (tertiary/aromatic N) is 1. The van der Waals surface area contributed by atoms with Crippen molar-refractivity contribution < 1.29 is 0 Å². The first kappa shape index (κ1) is 14.9. The van der Waals surface area contributed by atoms with Crippen LogP contribution in [0.3, 0.4) is 0 Å². The van der Waals surface area contributed by atoms with E-state index in [9.17, 15) is 0 Å². The summed E-state index contributed by atoms with van der Waals surface area (Å²) in [7, 11) is 0. The number of imidazole rings is 1. The number of H-pyrrole nitrogens is 1. The second kappa shape index (κ2) is 7.32. The number of hydrogen-bond acceptors (Lipinski definition) is 3. The fourth-order valence-corrected chi connectivity index (χ4v) is 4.50. The molecule has 0 amide bonds. The zero-order valence-electron chi connectivity index (χ0n) is 12.8. The number of aromatic nitrogens is 2. The quantitative estimate of drug-likeness (QED) is 0.882. The predicted octanol–water partition coefficient (Wildman–Crippen LogP) is 4.36. The molecule has 0 radical (unpaired) electrons.